The van der Waals surface area contributed by atoms with Gasteiger partial charge in [0.05, 0.1) is 7.11 Å². The Balaban J connectivity index is 2.24. The summed E-state index contributed by atoms with van der Waals surface area (Å²) in [6, 6.07) is 10.3. The molecule has 1 rings (SSSR count). The second-order valence-corrected chi connectivity index (χ2v) is 3.02. The number of nitrogens with one attached hydrogen (secondary N) is 1. The van der Waals surface area contributed by atoms with Crippen LogP contribution in [0.25, 0.3) is 0 Å². The molecule has 0 radical (unpaired) electrons. The molecule has 0 saturated heterocycles. The Bertz CT molecular complexity index is 261. The third-order valence-corrected chi connectivity index (χ3v) is 2.02. The van der Waals surface area contributed by atoms with Crippen LogP contribution in [-0.2, 0) is 11.2 Å². The summed E-state index contributed by atoms with van der Waals surface area (Å²) in [5.74, 6) is 0. The lowest BCUT2D eigenvalue weighted by Crippen LogP contribution is -2.24. The molecule has 0 fully saturated rings. The molecular weight excluding hydrogens is 182 g/mol. The first-order valence-electron chi connectivity index (χ1n) is 4.18. The van der Waals surface area contributed by atoms with Crippen LogP contribution >= 0.6 is 12.2 Å². The maximum atomic E-state index is 4.84. The van der Waals surface area contributed by atoms with Crippen LogP contribution in [0.15, 0.2) is 30.3 Å². The van der Waals surface area contributed by atoms with E-state index in [1.165, 1.54) is 5.56 Å². The zero-order valence-electron chi connectivity index (χ0n) is 7.62. The van der Waals surface area contributed by atoms with Gasteiger partial charge in [-0.1, -0.05) is 30.3 Å². The molecule has 2 nitrogen and oxygen atoms in total. The van der Waals surface area contributed by atoms with Crippen molar-refractivity contribution >= 4 is 17.4 Å². The van der Waals surface area contributed by atoms with Gasteiger partial charge in [0, 0.05) is 6.54 Å². The SMILES string of the molecule is COC(=S)NCCc1ccccc1. The highest BCUT2D eigenvalue weighted by Crippen LogP contribution is 1.97. The Hall–Kier alpha value is -1.09. The molecule has 0 spiro atoms. The molecule has 1 aromatic rings. The summed E-state index contributed by atoms with van der Waals surface area (Å²) in [7, 11) is 1.57. The van der Waals surface area contributed by atoms with E-state index in [1.54, 1.807) is 7.11 Å². The second-order valence-electron chi connectivity index (χ2n) is 2.65. The van der Waals surface area contributed by atoms with Crippen molar-refractivity contribution in [3.63, 3.8) is 0 Å². The minimum Gasteiger partial charge on any atom is -0.474 e. The average molecular weight is 195 g/mol. The van der Waals surface area contributed by atoms with Crippen molar-refractivity contribution in [2.24, 2.45) is 0 Å². The van der Waals surface area contributed by atoms with E-state index in [4.69, 9.17) is 17.0 Å². The van der Waals surface area contributed by atoms with Crippen molar-refractivity contribution in [1.29, 1.82) is 0 Å². The molecule has 0 saturated carbocycles. The van der Waals surface area contributed by atoms with Crippen LogP contribution in [0, 0.1) is 0 Å². The summed E-state index contributed by atoms with van der Waals surface area (Å²) in [5, 5.41) is 3.44. The highest BCUT2D eigenvalue weighted by atomic mass is 32.1. The van der Waals surface area contributed by atoms with Crippen LogP contribution in [-0.4, -0.2) is 18.8 Å². The second kappa shape index (κ2) is 5.54. The highest BCUT2D eigenvalue weighted by molar-refractivity contribution is 7.80. The van der Waals surface area contributed by atoms with Crippen LogP contribution in [0.1, 0.15) is 5.56 Å². The summed E-state index contributed by atoms with van der Waals surface area (Å²) in [6.07, 6.45) is 0.963. The molecule has 0 aliphatic heterocycles. The van der Waals surface area contributed by atoms with Crippen LogP contribution in [0.3, 0.4) is 0 Å². The molecule has 0 bridgehead atoms. The van der Waals surface area contributed by atoms with Gasteiger partial charge < -0.3 is 10.1 Å². The van der Waals surface area contributed by atoms with E-state index in [2.05, 4.69) is 17.4 Å². The summed E-state index contributed by atoms with van der Waals surface area (Å²) >= 11 is 4.84. The van der Waals surface area contributed by atoms with Gasteiger partial charge in [-0.2, -0.15) is 0 Å². The first-order chi connectivity index (χ1) is 6.33. The fraction of sp³-hybridized carbons (Fsp3) is 0.300. The van der Waals surface area contributed by atoms with E-state index in [9.17, 15) is 0 Å². The van der Waals surface area contributed by atoms with Crippen LogP contribution < -0.4 is 5.32 Å². The number of rotatable bonds is 3. The maximum Gasteiger partial charge on any atom is 0.256 e. The number of hydrogen-bond donors (Lipinski definition) is 1. The van der Waals surface area contributed by atoms with Crippen molar-refractivity contribution in [2.75, 3.05) is 13.7 Å². The molecule has 0 aromatic heterocycles. The lowest BCUT2D eigenvalue weighted by molar-refractivity contribution is 0.393. The molecule has 13 heavy (non-hydrogen) atoms. The van der Waals surface area contributed by atoms with Gasteiger partial charge in [0.15, 0.2) is 0 Å². The molecule has 3 heteroatoms. The third-order valence-electron chi connectivity index (χ3n) is 1.71. The zero-order chi connectivity index (χ0) is 9.52. The lowest BCUT2D eigenvalue weighted by atomic mass is 10.2. The van der Waals surface area contributed by atoms with Gasteiger partial charge in [0.2, 0.25) is 0 Å². The molecule has 0 heterocycles. The fourth-order valence-electron chi connectivity index (χ4n) is 1.03. The van der Waals surface area contributed by atoms with E-state index < -0.39 is 0 Å². The Morgan fingerprint density at radius 2 is 2.08 bits per heavy atom. The number of ether oxygens (including phenoxy) is 1. The molecule has 1 N–H and O–H groups in total. The van der Waals surface area contributed by atoms with E-state index >= 15 is 0 Å². The van der Waals surface area contributed by atoms with E-state index in [0.717, 1.165) is 13.0 Å². The van der Waals surface area contributed by atoms with Gasteiger partial charge in [-0.15, -0.1) is 0 Å². The number of hydrogen-bond acceptors (Lipinski definition) is 2. The van der Waals surface area contributed by atoms with Gasteiger partial charge >= 0.3 is 0 Å². The van der Waals surface area contributed by atoms with Gasteiger partial charge in [0.25, 0.3) is 5.17 Å². The first-order valence-corrected chi connectivity index (χ1v) is 4.59. The molecule has 0 unspecified atom stereocenters. The van der Waals surface area contributed by atoms with Crippen molar-refractivity contribution in [2.45, 2.75) is 6.42 Å². The minimum absolute atomic E-state index is 0.455. The topological polar surface area (TPSA) is 21.3 Å². The van der Waals surface area contributed by atoms with Crippen molar-refractivity contribution in [1.82, 2.24) is 5.32 Å². The zero-order valence-corrected chi connectivity index (χ0v) is 8.43. The largest absolute Gasteiger partial charge is 0.474 e. The molecule has 0 atom stereocenters. The molecular formula is C10H13NOS. The van der Waals surface area contributed by atoms with Crippen molar-refractivity contribution < 1.29 is 4.74 Å². The Morgan fingerprint density at radius 1 is 1.38 bits per heavy atom. The van der Waals surface area contributed by atoms with Crippen molar-refractivity contribution in [3.8, 4) is 0 Å². The maximum absolute atomic E-state index is 4.84. The van der Waals surface area contributed by atoms with Gasteiger partial charge in [0.1, 0.15) is 0 Å². The van der Waals surface area contributed by atoms with Crippen LogP contribution in [0.2, 0.25) is 0 Å². The molecule has 0 aliphatic carbocycles. The van der Waals surface area contributed by atoms with Crippen molar-refractivity contribution in [3.05, 3.63) is 35.9 Å². The lowest BCUT2D eigenvalue weighted by Gasteiger charge is -2.05. The van der Waals surface area contributed by atoms with E-state index in [1.807, 2.05) is 18.2 Å². The van der Waals surface area contributed by atoms with Crippen LogP contribution in [0.5, 0.6) is 0 Å². The predicted molar refractivity (Wildman–Crippen MR) is 57.8 cm³/mol. The summed E-state index contributed by atoms with van der Waals surface area (Å²) in [4.78, 5) is 0. The first kappa shape index (κ1) is 9.99. The standard InChI is InChI=1S/C10H13NOS/c1-12-10(13)11-8-7-9-5-3-2-4-6-9/h2-6H,7-8H2,1H3,(H,11,13). The summed E-state index contributed by atoms with van der Waals surface area (Å²) in [5.41, 5.74) is 1.30. The summed E-state index contributed by atoms with van der Waals surface area (Å²) in [6.45, 7) is 0.816. The number of methoxy groups -OCH3 is 1. The quantitative estimate of drug-likeness (QED) is 0.742. The third kappa shape index (κ3) is 3.90. The summed E-state index contributed by atoms with van der Waals surface area (Å²) < 4.78 is 4.81. The minimum atomic E-state index is 0.455. The van der Waals surface area contributed by atoms with Gasteiger partial charge in [-0.25, -0.2) is 0 Å². The smallest absolute Gasteiger partial charge is 0.256 e. The van der Waals surface area contributed by atoms with E-state index in [-0.39, 0.29) is 0 Å². The average Bonchev–Trinajstić information content (AvgIpc) is 2.19. The highest BCUT2D eigenvalue weighted by Gasteiger charge is 1.93. The molecule has 1 aromatic carbocycles. The fourth-order valence-corrected chi connectivity index (χ4v) is 1.13. The molecule has 70 valence electrons. The molecule has 0 amide bonds. The molecule has 0 aliphatic rings. The van der Waals surface area contributed by atoms with Gasteiger partial charge in [-0.3, -0.25) is 0 Å². The number of benzene rings is 1. The Kier molecular flexibility index (Phi) is 4.26. The predicted octanol–water partition coefficient (Wildman–Crippen LogP) is 1.75. The normalized spacial score (nSPS) is 9.31. The van der Waals surface area contributed by atoms with E-state index in [0.29, 0.717) is 5.17 Å². The monoisotopic (exact) mass is 195 g/mol. The van der Waals surface area contributed by atoms with Gasteiger partial charge in [-0.05, 0) is 24.2 Å². The Morgan fingerprint density at radius 3 is 2.69 bits per heavy atom. The Labute approximate surface area is 83.9 Å². The van der Waals surface area contributed by atoms with Crippen LogP contribution in [0.4, 0.5) is 0 Å². The number of thiocarbonyl (C=S) groups is 1.